The second kappa shape index (κ2) is 5.25. The van der Waals surface area contributed by atoms with Crippen LogP contribution in [0.25, 0.3) is 0 Å². The maximum atomic E-state index is 13.7. The van der Waals surface area contributed by atoms with Crippen molar-refractivity contribution >= 4 is 5.97 Å². The Morgan fingerprint density at radius 2 is 2.11 bits per heavy atom. The number of hydrogen-bond donors (Lipinski definition) is 1. The van der Waals surface area contributed by atoms with Crippen molar-refractivity contribution < 1.29 is 18.7 Å². The molecule has 104 valence electrons. The first-order chi connectivity index (χ1) is 8.91. The average Bonchev–Trinajstić information content (AvgIpc) is 2.74. The highest BCUT2D eigenvalue weighted by Gasteiger charge is 2.37. The Labute approximate surface area is 110 Å². The van der Waals surface area contributed by atoms with Gasteiger partial charge in [-0.3, -0.25) is 9.69 Å². The van der Waals surface area contributed by atoms with E-state index < -0.39 is 23.5 Å². The van der Waals surface area contributed by atoms with Crippen molar-refractivity contribution in [2.45, 2.75) is 19.9 Å². The van der Waals surface area contributed by atoms with Crippen molar-refractivity contribution in [3.05, 3.63) is 35.4 Å². The fraction of sp³-hybridized carbons (Fsp3) is 0.500. The van der Waals surface area contributed by atoms with E-state index in [1.54, 1.807) is 13.0 Å². The second-order valence-corrected chi connectivity index (χ2v) is 5.19. The topological polar surface area (TPSA) is 40.5 Å². The summed E-state index contributed by atoms with van der Waals surface area (Å²) in [6.07, 6.45) is 0. The molecule has 1 aliphatic rings. The maximum Gasteiger partial charge on any atom is 0.308 e. The van der Waals surface area contributed by atoms with E-state index in [9.17, 15) is 13.6 Å². The molecule has 0 bridgehead atoms. The van der Waals surface area contributed by atoms with Crippen molar-refractivity contribution in [3.63, 3.8) is 0 Å². The summed E-state index contributed by atoms with van der Waals surface area (Å²) in [5, 5.41) is 9.09. The minimum Gasteiger partial charge on any atom is -0.481 e. The number of rotatable bonds is 3. The van der Waals surface area contributed by atoms with Crippen LogP contribution >= 0.6 is 0 Å². The molecule has 1 saturated heterocycles. The first kappa shape index (κ1) is 13.9. The highest BCUT2D eigenvalue weighted by molar-refractivity contribution is 5.71. The number of likely N-dealkylation sites (tertiary alicyclic amines) is 1. The molecule has 1 heterocycles. The molecule has 3 atom stereocenters. The predicted molar refractivity (Wildman–Crippen MR) is 66.6 cm³/mol. The van der Waals surface area contributed by atoms with Gasteiger partial charge >= 0.3 is 5.97 Å². The van der Waals surface area contributed by atoms with Crippen LogP contribution in [0.5, 0.6) is 0 Å². The first-order valence-electron chi connectivity index (χ1n) is 6.32. The van der Waals surface area contributed by atoms with E-state index in [1.165, 1.54) is 6.07 Å². The van der Waals surface area contributed by atoms with Gasteiger partial charge < -0.3 is 5.11 Å². The van der Waals surface area contributed by atoms with Crippen LogP contribution in [-0.4, -0.2) is 29.1 Å². The summed E-state index contributed by atoms with van der Waals surface area (Å²) >= 11 is 0. The Morgan fingerprint density at radius 3 is 2.68 bits per heavy atom. The lowest BCUT2D eigenvalue weighted by Crippen LogP contribution is -2.27. The number of benzene rings is 1. The van der Waals surface area contributed by atoms with Crippen LogP contribution in [0.1, 0.15) is 25.5 Å². The molecular formula is C14H17F2NO2. The summed E-state index contributed by atoms with van der Waals surface area (Å²) in [5.41, 5.74) is 0.276. The van der Waals surface area contributed by atoms with Crippen LogP contribution in [0, 0.1) is 23.5 Å². The lowest BCUT2D eigenvalue weighted by atomic mass is 9.99. The Morgan fingerprint density at radius 1 is 1.42 bits per heavy atom. The Balaban J connectivity index is 2.19. The molecule has 1 fully saturated rings. The minimum absolute atomic E-state index is 0.0107. The number of halogens is 2. The number of nitrogens with zero attached hydrogens (tertiary/aromatic N) is 1. The van der Waals surface area contributed by atoms with E-state index in [-0.39, 0.29) is 17.5 Å². The number of carboxylic acid groups (broad SMARTS) is 1. The first-order valence-corrected chi connectivity index (χ1v) is 6.32. The molecule has 0 aromatic heterocycles. The van der Waals surface area contributed by atoms with Crippen molar-refractivity contribution in [2.24, 2.45) is 11.8 Å². The molecule has 5 heteroatoms. The zero-order valence-electron chi connectivity index (χ0n) is 10.9. The molecule has 0 spiro atoms. The van der Waals surface area contributed by atoms with Crippen LogP contribution in [0.15, 0.2) is 18.2 Å². The van der Waals surface area contributed by atoms with Gasteiger partial charge in [0.15, 0.2) is 11.6 Å². The molecule has 0 amide bonds. The van der Waals surface area contributed by atoms with Crippen molar-refractivity contribution in [3.8, 4) is 0 Å². The van der Waals surface area contributed by atoms with Gasteiger partial charge in [-0.25, -0.2) is 8.78 Å². The summed E-state index contributed by atoms with van der Waals surface area (Å²) in [5.74, 6) is -2.98. The Bertz CT molecular complexity index is 492. The zero-order valence-corrected chi connectivity index (χ0v) is 10.9. The fourth-order valence-corrected chi connectivity index (χ4v) is 2.68. The summed E-state index contributed by atoms with van der Waals surface area (Å²) in [6.45, 7) is 4.59. The molecule has 1 aliphatic heterocycles. The van der Waals surface area contributed by atoms with Gasteiger partial charge in [0.25, 0.3) is 0 Å². The minimum atomic E-state index is -0.869. The molecule has 1 unspecified atom stereocenters. The van der Waals surface area contributed by atoms with Gasteiger partial charge in [-0.05, 0) is 18.9 Å². The number of hydrogen-bond acceptors (Lipinski definition) is 2. The standard InChI is InChI=1S/C14H17F2NO2/c1-8-6-17(7-11(8)14(18)19)9(2)10-4-3-5-12(15)13(10)16/h3-5,8-9,11H,6-7H2,1-2H3,(H,18,19)/t8-,9?,11-/m1/s1. The molecule has 1 N–H and O–H groups in total. The summed E-state index contributed by atoms with van der Waals surface area (Å²) in [7, 11) is 0. The molecule has 0 saturated carbocycles. The molecule has 0 radical (unpaired) electrons. The summed E-state index contributed by atoms with van der Waals surface area (Å²) in [4.78, 5) is 13.0. The normalized spacial score (nSPS) is 25.5. The van der Waals surface area contributed by atoms with E-state index in [2.05, 4.69) is 0 Å². The molecule has 1 aromatic carbocycles. The third-order valence-electron chi connectivity index (χ3n) is 3.94. The average molecular weight is 269 g/mol. The van der Waals surface area contributed by atoms with Crippen LogP contribution in [-0.2, 0) is 4.79 Å². The lowest BCUT2D eigenvalue weighted by molar-refractivity contribution is -0.142. The summed E-state index contributed by atoms with van der Waals surface area (Å²) < 4.78 is 27.0. The van der Waals surface area contributed by atoms with Gasteiger partial charge in [0.1, 0.15) is 0 Å². The van der Waals surface area contributed by atoms with Crippen LogP contribution in [0.2, 0.25) is 0 Å². The van der Waals surface area contributed by atoms with E-state index in [0.29, 0.717) is 13.1 Å². The van der Waals surface area contributed by atoms with Crippen LogP contribution < -0.4 is 0 Å². The number of carboxylic acids is 1. The molecule has 2 rings (SSSR count). The number of carbonyl (C=O) groups is 1. The molecule has 19 heavy (non-hydrogen) atoms. The molecule has 0 aliphatic carbocycles. The van der Waals surface area contributed by atoms with E-state index in [4.69, 9.17) is 5.11 Å². The third-order valence-corrected chi connectivity index (χ3v) is 3.94. The zero-order chi connectivity index (χ0) is 14.2. The smallest absolute Gasteiger partial charge is 0.308 e. The highest BCUT2D eigenvalue weighted by Crippen LogP contribution is 2.32. The van der Waals surface area contributed by atoms with Crippen LogP contribution in [0.4, 0.5) is 8.78 Å². The van der Waals surface area contributed by atoms with Crippen LogP contribution in [0.3, 0.4) is 0 Å². The maximum absolute atomic E-state index is 13.7. The highest BCUT2D eigenvalue weighted by atomic mass is 19.2. The molecule has 1 aromatic rings. The lowest BCUT2D eigenvalue weighted by Gasteiger charge is -2.25. The van der Waals surface area contributed by atoms with Gasteiger partial charge in [-0.2, -0.15) is 0 Å². The molecule has 3 nitrogen and oxygen atoms in total. The fourth-order valence-electron chi connectivity index (χ4n) is 2.68. The number of aliphatic carboxylic acids is 1. The second-order valence-electron chi connectivity index (χ2n) is 5.19. The SMILES string of the molecule is CC(c1cccc(F)c1F)N1C[C@@H](C)[C@H](C(=O)O)C1. The van der Waals surface area contributed by atoms with E-state index in [1.807, 2.05) is 11.8 Å². The molecular weight excluding hydrogens is 252 g/mol. The predicted octanol–water partition coefficient (Wildman–Crippen LogP) is 2.68. The van der Waals surface area contributed by atoms with Crippen molar-refractivity contribution in [1.29, 1.82) is 0 Å². The van der Waals surface area contributed by atoms with E-state index in [0.717, 1.165) is 6.07 Å². The van der Waals surface area contributed by atoms with Gasteiger partial charge in [0.05, 0.1) is 5.92 Å². The van der Waals surface area contributed by atoms with Gasteiger partial charge in [-0.15, -0.1) is 0 Å². The van der Waals surface area contributed by atoms with Crippen molar-refractivity contribution in [2.75, 3.05) is 13.1 Å². The largest absolute Gasteiger partial charge is 0.481 e. The van der Waals surface area contributed by atoms with Crippen molar-refractivity contribution in [1.82, 2.24) is 4.90 Å². The Kier molecular flexibility index (Phi) is 3.85. The Hall–Kier alpha value is -1.49. The monoisotopic (exact) mass is 269 g/mol. The van der Waals surface area contributed by atoms with Gasteiger partial charge in [-0.1, -0.05) is 19.1 Å². The summed E-state index contributed by atoms with van der Waals surface area (Å²) in [6, 6.07) is 3.76. The van der Waals surface area contributed by atoms with Gasteiger partial charge in [0.2, 0.25) is 0 Å². The van der Waals surface area contributed by atoms with Gasteiger partial charge in [0, 0.05) is 24.7 Å². The quantitative estimate of drug-likeness (QED) is 0.917. The van der Waals surface area contributed by atoms with E-state index >= 15 is 0 Å². The third kappa shape index (κ3) is 2.61.